The molecule has 0 aromatic rings. The molecule has 122 valence electrons. The first-order valence-corrected chi connectivity index (χ1v) is 8.59. The maximum Gasteiger partial charge on any atom is 0.263 e. The minimum absolute atomic E-state index is 0.386. The van der Waals surface area contributed by atoms with Crippen LogP contribution < -0.4 is 5.32 Å². The maximum absolute atomic E-state index is 10.4. The van der Waals surface area contributed by atoms with Crippen molar-refractivity contribution < 1.29 is 9.66 Å². The fraction of sp³-hybridized carbons (Fsp3) is 0.857. The molecule has 0 bridgehead atoms. The molecule has 1 fully saturated rings. The normalized spacial score (nSPS) is 24.3. The first kappa shape index (κ1) is 18.3. The molecule has 3 atom stereocenters. The summed E-state index contributed by atoms with van der Waals surface area (Å²) in [4.78, 5) is 12.4. The molecule has 0 saturated carbocycles. The number of ether oxygens (including phenoxy) is 1. The Bertz CT molecular complexity index is 365. The summed E-state index contributed by atoms with van der Waals surface area (Å²) in [7, 11) is 2.13. The Morgan fingerprint density at radius 3 is 2.90 bits per heavy atom. The van der Waals surface area contributed by atoms with Crippen molar-refractivity contribution in [2.45, 2.75) is 38.8 Å². The fourth-order valence-corrected chi connectivity index (χ4v) is 2.95. The quantitative estimate of drug-likeness (QED) is 0.519. The highest BCUT2D eigenvalue weighted by molar-refractivity contribution is 8.02. The number of thioether (sulfide) groups is 1. The van der Waals surface area contributed by atoms with E-state index in [1.165, 1.54) is 11.8 Å². The van der Waals surface area contributed by atoms with Crippen LogP contribution in [0.1, 0.15) is 26.7 Å². The van der Waals surface area contributed by atoms with E-state index < -0.39 is 4.92 Å². The molecule has 0 spiro atoms. The van der Waals surface area contributed by atoms with E-state index in [0.29, 0.717) is 23.1 Å². The Kier molecular flexibility index (Phi) is 8.06. The highest BCUT2D eigenvalue weighted by atomic mass is 32.2. The summed E-state index contributed by atoms with van der Waals surface area (Å²) in [6, 6.07) is 0.437. The molecule has 0 radical (unpaired) electrons. The van der Waals surface area contributed by atoms with E-state index in [9.17, 15) is 10.1 Å². The smallest absolute Gasteiger partial charge is 0.263 e. The summed E-state index contributed by atoms with van der Waals surface area (Å²) in [5.41, 5.74) is 0. The Hall–Kier alpha value is -0.790. The topological polar surface area (TPSA) is 67.6 Å². The molecular weight excluding hydrogens is 290 g/mol. The van der Waals surface area contributed by atoms with E-state index in [0.717, 1.165) is 38.7 Å². The zero-order chi connectivity index (χ0) is 15.8. The first-order valence-electron chi connectivity index (χ1n) is 7.37. The van der Waals surface area contributed by atoms with E-state index in [-0.39, 0.29) is 0 Å². The van der Waals surface area contributed by atoms with Crippen molar-refractivity contribution in [3.63, 3.8) is 0 Å². The summed E-state index contributed by atoms with van der Waals surface area (Å²) in [5.74, 6) is 0.622. The third-order valence-electron chi connectivity index (χ3n) is 3.88. The van der Waals surface area contributed by atoms with Crippen LogP contribution >= 0.6 is 11.8 Å². The average molecular weight is 317 g/mol. The van der Waals surface area contributed by atoms with Crippen LogP contribution in [-0.2, 0) is 4.74 Å². The lowest BCUT2D eigenvalue weighted by atomic mass is 10.0. The van der Waals surface area contributed by atoms with Crippen molar-refractivity contribution in [1.29, 1.82) is 0 Å². The average Bonchev–Trinajstić information content (AvgIpc) is 2.82. The third-order valence-corrected chi connectivity index (χ3v) is 4.57. The largest absolute Gasteiger partial charge is 0.378 e. The lowest BCUT2D eigenvalue weighted by Gasteiger charge is -2.27. The van der Waals surface area contributed by atoms with E-state index in [1.807, 2.05) is 6.26 Å². The second kappa shape index (κ2) is 9.27. The van der Waals surface area contributed by atoms with Gasteiger partial charge >= 0.3 is 0 Å². The van der Waals surface area contributed by atoms with Gasteiger partial charge in [-0.1, -0.05) is 0 Å². The van der Waals surface area contributed by atoms with Crippen LogP contribution in [-0.4, -0.2) is 55.0 Å². The highest BCUT2D eigenvalue weighted by Gasteiger charge is 2.24. The lowest BCUT2D eigenvalue weighted by molar-refractivity contribution is -0.403. The van der Waals surface area contributed by atoms with Gasteiger partial charge in [0.1, 0.15) is 5.03 Å². The van der Waals surface area contributed by atoms with Gasteiger partial charge < -0.3 is 15.0 Å². The lowest BCUT2D eigenvalue weighted by Crippen LogP contribution is -2.35. The Morgan fingerprint density at radius 1 is 1.67 bits per heavy atom. The molecule has 0 aliphatic carbocycles. The van der Waals surface area contributed by atoms with Crippen LogP contribution in [0.4, 0.5) is 0 Å². The highest BCUT2D eigenvalue weighted by Crippen LogP contribution is 2.20. The van der Waals surface area contributed by atoms with E-state index in [2.05, 4.69) is 31.1 Å². The van der Waals surface area contributed by atoms with Crippen LogP contribution in [0, 0.1) is 16.0 Å². The number of nitrogens with zero attached hydrogens (tertiary/aromatic N) is 2. The van der Waals surface area contributed by atoms with Gasteiger partial charge in [-0.05, 0) is 45.9 Å². The minimum Gasteiger partial charge on any atom is -0.378 e. The van der Waals surface area contributed by atoms with Crippen LogP contribution in [0.2, 0.25) is 0 Å². The molecule has 7 heteroatoms. The maximum atomic E-state index is 10.4. The molecule has 0 aromatic carbocycles. The molecule has 6 nitrogen and oxygen atoms in total. The Labute approximate surface area is 131 Å². The molecule has 1 rings (SSSR count). The van der Waals surface area contributed by atoms with Crippen molar-refractivity contribution in [2.24, 2.45) is 5.92 Å². The van der Waals surface area contributed by atoms with Crippen molar-refractivity contribution in [1.82, 2.24) is 10.2 Å². The second-order valence-electron chi connectivity index (χ2n) is 5.73. The van der Waals surface area contributed by atoms with Gasteiger partial charge in [-0.2, -0.15) is 0 Å². The monoisotopic (exact) mass is 317 g/mol. The zero-order valence-electron chi connectivity index (χ0n) is 13.4. The summed E-state index contributed by atoms with van der Waals surface area (Å²) in [5, 5.41) is 14.2. The van der Waals surface area contributed by atoms with Crippen molar-refractivity contribution in [2.75, 3.05) is 33.0 Å². The van der Waals surface area contributed by atoms with Crippen LogP contribution in [0.5, 0.6) is 0 Å². The number of nitrogens with one attached hydrogen (secondary N) is 1. The number of hydrogen-bond donors (Lipinski definition) is 1. The van der Waals surface area contributed by atoms with Gasteiger partial charge in [0.2, 0.25) is 0 Å². The van der Waals surface area contributed by atoms with E-state index >= 15 is 0 Å². The van der Waals surface area contributed by atoms with Crippen LogP contribution in [0.15, 0.2) is 11.2 Å². The van der Waals surface area contributed by atoms with Gasteiger partial charge in [-0.25, -0.2) is 0 Å². The SMILES string of the molecule is CSC(=C[N+](=O)[O-])NCCC(C)N(C)CC1COC(C)C1. The molecular formula is C14H27N3O3S. The predicted molar refractivity (Wildman–Crippen MR) is 86.8 cm³/mol. The molecule has 0 aromatic heterocycles. The summed E-state index contributed by atoms with van der Waals surface area (Å²) < 4.78 is 5.60. The Morgan fingerprint density at radius 2 is 2.38 bits per heavy atom. The van der Waals surface area contributed by atoms with E-state index in [1.54, 1.807) is 0 Å². The van der Waals surface area contributed by atoms with Gasteiger partial charge in [0.25, 0.3) is 6.20 Å². The van der Waals surface area contributed by atoms with Gasteiger partial charge in [-0.15, -0.1) is 11.8 Å². The molecule has 1 heterocycles. The van der Waals surface area contributed by atoms with E-state index in [4.69, 9.17) is 4.74 Å². The summed E-state index contributed by atoms with van der Waals surface area (Å²) in [6.07, 6.45) is 5.33. The van der Waals surface area contributed by atoms with Crippen molar-refractivity contribution in [3.05, 3.63) is 21.3 Å². The second-order valence-corrected chi connectivity index (χ2v) is 6.58. The number of hydrogen-bond acceptors (Lipinski definition) is 6. The van der Waals surface area contributed by atoms with Gasteiger partial charge in [0.05, 0.1) is 17.6 Å². The van der Waals surface area contributed by atoms with Gasteiger partial charge in [-0.3, -0.25) is 10.1 Å². The molecule has 1 N–H and O–H groups in total. The summed E-state index contributed by atoms with van der Waals surface area (Å²) >= 11 is 1.36. The van der Waals surface area contributed by atoms with Crippen LogP contribution in [0.3, 0.4) is 0 Å². The first-order chi connectivity index (χ1) is 9.92. The summed E-state index contributed by atoms with van der Waals surface area (Å²) in [6.45, 7) is 6.96. The minimum atomic E-state index is -0.421. The van der Waals surface area contributed by atoms with Gasteiger partial charge in [0, 0.05) is 19.1 Å². The van der Waals surface area contributed by atoms with Crippen molar-refractivity contribution in [3.8, 4) is 0 Å². The molecule has 21 heavy (non-hydrogen) atoms. The van der Waals surface area contributed by atoms with Crippen LogP contribution in [0.25, 0.3) is 0 Å². The fourth-order valence-electron chi connectivity index (χ4n) is 2.51. The molecule has 1 saturated heterocycles. The number of rotatable bonds is 9. The molecule has 0 amide bonds. The Balaban J connectivity index is 2.26. The van der Waals surface area contributed by atoms with Crippen molar-refractivity contribution >= 4 is 11.8 Å². The molecule has 1 aliphatic heterocycles. The standard InChI is InChI=1S/C14H27N3O3S/c1-11(5-6-15-14(21-4)9-17(18)19)16(3)8-13-7-12(2)20-10-13/h9,11-13,15H,5-8,10H2,1-4H3. The zero-order valence-corrected chi connectivity index (χ0v) is 14.2. The molecule has 1 aliphatic rings. The third kappa shape index (κ3) is 7.15. The number of nitro groups is 1. The van der Waals surface area contributed by atoms with Gasteiger partial charge in [0.15, 0.2) is 0 Å². The predicted octanol–water partition coefficient (Wildman–Crippen LogP) is 2.15. The molecule has 3 unspecified atom stereocenters.